The Bertz CT molecular complexity index is 1850. The molecule has 0 aliphatic carbocycles. The summed E-state index contributed by atoms with van der Waals surface area (Å²) in [5, 5.41) is 1.25. The molecule has 5 aromatic carbocycles. The van der Waals surface area contributed by atoms with Crippen molar-refractivity contribution in [3.8, 4) is 0 Å². The predicted molar refractivity (Wildman–Crippen MR) is 179 cm³/mol. The van der Waals surface area contributed by atoms with Crippen molar-refractivity contribution >= 4 is 57.6 Å². The first kappa shape index (κ1) is 27.4. The van der Waals surface area contributed by atoms with Crippen molar-refractivity contribution in [2.75, 3.05) is 4.90 Å². The van der Waals surface area contributed by atoms with Crippen molar-refractivity contribution < 1.29 is 0 Å². The number of halogens is 3. The Morgan fingerprint density at radius 1 is 0.512 bits per heavy atom. The van der Waals surface area contributed by atoms with Crippen LogP contribution in [0.15, 0.2) is 160 Å². The van der Waals surface area contributed by atoms with Crippen LogP contribution in [0.1, 0.15) is 28.3 Å². The van der Waals surface area contributed by atoms with Gasteiger partial charge >= 0.3 is 0 Å². The van der Waals surface area contributed by atoms with E-state index in [1.54, 1.807) is 12.1 Å². The van der Waals surface area contributed by atoms with Crippen LogP contribution in [0.5, 0.6) is 0 Å². The Labute approximate surface area is 265 Å². The van der Waals surface area contributed by atoms with E-state index in [1.807, 2.05) is 102 Å². The summed E-state index contributed by atoms with van der Waals surface area (Å²) >= 11 is 20.2. The van der Waals surface area contributed by atoms with Crippen LogP contribution in [0.25, 0.3) is 0 Å². The van der Waals surface area contributed by atoms with Crippen LogP contribution in [0.2, 0.25) is 15.1 Å². The van der Waals surface area contributed by atoms with Crippen LogP contribution in [-0.4, -0.2) is 17.1 Å². The first-order valence-electron chi connectivity index (χ1n) is 13.7. The molecule has 2 aliphatic heterocycles. The molecule has 2 heterocycles. The summed E-state index contributed by atoms with van der Waals surface area (Å²) in [7, 11) is 0. The van der Waals surface area contributed by atoms with Crippen LogP contribution >= 0.6 is 34.8 Å². The number of hydrogen-bond donors (Lipinski definition) is 0. The van der Waals surface area contributed by atoms with Gasteiger partial charge in [-0.3, -0.25) is 0 Å². The van der Waals surface area contributed by atoms with Crippen LogP contribution in [0.4, 0.5) is 5.69 Å². The summed E-state index contributed by atoms with van der Waals surface area (Å²) in [6, 6.07) is 43.4. The molecule has 5 aromatic rings. The lowest BCUT2D eigenvalue weighted by molar-refractivity contribution is 0.869. The van der Waals surface area contributed by atoms with Crippen molar-refractivity contribution in [3.63, 3.8) is 0 Å². The molecule has 0 spiro atoms. The molecule has 0 radical (unpaired) electrons. The third-order valence-electron chi connectivity index (χ3n) is 7.33. The van der Waals surface area contributed by atoms with Gasteiger partial charge in [0, 0.05) is 16.1 Å². The van der Waals surface area contributed by atoms with Crippen LogP contribution in [-0.2, 0) is 0 Å². The SMILES string of the molecule is Clc1cc(Cl)c(N2C(=C3N=C(c4ccccc4)C(c4ccccc4)=N3)N=C(c3ccccc3)C2c2ccccc2)c(Cl)c1. The van der Waals surface area contributed by atoms with Crippen molar-refractivity contribution in [2.45, 2.75) is 6.04 Å². The lowest BCUT2D eigenvalue weighted by atomic mass is 9.96. The minimum absolute atomic E-state index is 0.367. The number of rotatable bonds is 5. The summed E-state index contributed by atoms with van der Waals surface area (Å²) in [6.07, 6.45) is 0. The van der Waals surface area contributed by atoms with Crippen LogP contribution < -0.4 is 4.90 Å². The van der Waals surface area contributed by atoms with Crippen molar-refractivity contribution in [3.05, 3.63) is 182 Å². The van der Waals surface area contributed by atoms with Crippen LogP contribution in [0.3, 0.4) is 0 Å². The number of benzene rings is 5. The zero-order valence-corrected chi connectivity index (χ0v) is 25.0. The Hall–Kier alpha value is -4.48. The van der Waals surface area contributed by atoms with Gasteiger partial charge in [-0.1, -0.05) is 156 Å². The zero-order valence-electron chi connectivity index (χ0n) is 22.7. The molecule has 1 atom stereocenters. The number of anilines is 1. The van der Waals surface area contributed by atoms with Gasteiger partial charge in [-0.25, -0.2) is 15.0 Å². The molecule has 208 valence electrons. The summed E-state index contributed by atoms with van der Waals surface area (Å²) in [5.74, 6) is 1.00. The van der Waals surface area contributed by atoms with Gasteiger partial charge < -0.3 is 4.90 Å². The van der Waals surface area contributed by atoms with E-state index in [4.69, 9.17) is 49.8 Å². The minimum atomic E-state index is -0.367. The molecule has 0 fully saturated rings. The first-order chi connectivity index (χ1) is 21.1. The predicted octanol–water partition coefficient (Wildman–Crippen LogP) is 9.82. The standard InChI is InChI=1S/C36H23Cl3N4/c37-27-21-28(38)34(29(39)22-27)43-33(26-19-11-4-12-20-26)32(25-17-9-3-10-18-25)42-36(43)35-40-30(23-13-5-1-6-14-23)31(41-35)24-15-7-2-8-16-24/h1-22,33H. The molecule has 2 aliphatic rings. The van der Waals surface area contributed by atoms with E-state index in [-0.39, 0.29) is 6.04 Å². The molecule has 1 unspecified atom stereocenters. The van der Waals surface area contributed by atoms with E-state index in [0.717, 1.165) is 39.4 Å². The molecule has 0 saturated carbocycles. The van der Waals surface area contributed by atoms with Gasteiger partial charge in [0.2, 0.25) is 0 Å². The lowest BCUT2D eigenvalue weighted by Crippen LogP contribution is -2.28. The molecule has 43 heavy (non-hydrogen) atoms. The van der Waals surface area contributed by atoms with Crippen molar-refractivity contribution in [1.82, 2.24) is 0 Å². The van der Waals surface area contributed by atoms with E-state index in [0.29, 0.717) is 32.4 Å². The van der Waals surface area contributed by atoms with Gasteiger partial charge in [0.25, 0.3) is 0 Å². The summed E-state index contributed by atoms with van der Waals surface area (Å²) in [5.41, 5.74) is 6.84. The molecule has 4 nitrogen and oxygen atoms in total. The number of hydrogen-bond acceptors (Lipinski definition) is 4. The zero-order chi connectivity index (χ0) is 29.3. The van der Waals surface area contributed by atoms with E-state index in [1.165, 1.54) is 0 Å². The second-order valence-electron chi connectivity index (χ2n) is 10.1. The van der Waals surface area contributed by atoms with E-state index in [9.17, 15) is 0 Å². The van der Waals surface area contributed by atoms with Crippen LogP contribution in [0, 0.1) is 0 Å². The molecule has 7 heteroatoms. The number of nitrogens with zero attached hydrogens (tertiary/aromatic N) is 4. The minimum Gasteiger partial charge on any atom is -0.307 e. The largest absolute Gasteiger partial charge is 0.307 e. The second kappa shape index (κ2) is 11.7. The fourth-order valence-corrected chi connectivity index (χ4v) is 6.44. The maximum atomic E-state index is 6.93. The third kappa shape index (κ3) is 5.19. The second-order valence-corrected chi connectivity index (χ2v) is 11.3. The molecular weight excluding hydrogens is 595 g/mol. The summed E-state index contributed by atoms with van der Waals surface area (Å²) in [6.45, 7) is 0. The smallest absolute Gasteiger partial charge is 0.197 e. The average molecular weight is 618 g/mol. The highest BCUT2D eigenvalue weighted by Gasteiger charge is 2.40. The monoisotopic (exact) mass is 616 g/mol. The summed E-state index contributed by atoms with van der Waals surface area (Å²) < 4.78 is 0. The van der Waals surface area contributed by atoms with Crippen molar-refractivity contribution in [1.29, 1.82) is 0 Å². The topological polar surface area (TPSA) is 40.3 Å². The molecule has 0 bridgehead atoms. The third-order valence-corrected chi connectivity index (χ3v) is 8.13. The fourth-order valence-electron chi connectivity index (χ4n) is 5.44. The van der Waals surface area contributed by atoms with Gasteiger partial charge in [-0.2, -0.15) is 0 Å². The average Bonchev–Trinajstić information content (AvgIpc) is 3.65. The Morgan fingerprint density at radius 2 is 0.953 bits per heavy atom. The quantitative estimate of drug-likeness (QED) is 0.193. The van der Waals surface area contributed by atoms with Crippen molar-refractivity contribution in [2.24, 2.45) is 15.0 Å². The van der Waals surface area contributed by atoms with Gasteiger partial charge in [0.15, 0.2) is 11.6 Å². The summed E-state index contributed by atoms with van der Waals surface area (Å²) in [4.78, 5) is 17.6. The number of aliphatic imine (C=N–C) groups is 3. The van der Waals surface area contributed by atoms with Gasteiger partial charge in [0.05, 0.1) is 32.9 Å². The molecule has 0 saturated heterocycles. The Kier molecular flexibility index (Phi) is 7.42. The highest BCUT2D eigenvalue weighted by Crippen LogP contribution is 2.48. The molecule has 0 N–H and O–H groups in total. The molecule has 0 amide bonds. The molecule has 0 aromatic heterocycles. The Balaban J connectivity index is 1.54. The lowest BCUT2D eigenvalue weighted by Gasteiger charge is -2.30. The van der Waals surface area contributed by atoms with Gasteiger partial charge in [0.1, 0.15) is 6.04 Å². The van der Waals surface area contributed by atoms with Gasteiger partial charge in [-0.05, 0) is 23.3 Å². The normalized spacial score (nSPS) is 16.3. The van der Waals surface area contributed by atoms with Gasteiger partial charge in [-0.15, -0.1) is 0 Å². The van der Waals surface area contributed by atoms with E-state index in [2.05, 4.69) is 24.3 Å². The maximum absolute atomic E-state index is 6.93. The fraction of sp³-hybridized carbons (Fsp3) is 0.0278. The highest BCUT2D eigenvalue weighted by atomic mass is 35.5. The molecule has 7 rings (SSSR count). The van der Waals surface area contributed by atoms with E-state index < -0.39 is 0 Å². The van der Waals surface area contributed by atoms with E-state index >= 15 is 0 Å². The maximum Gasteiger partial charge on any atom is 0.197 e. The highest BCUT2D eigenvalue weighted by molar-refractivity contribution is 6.55. The molecular formula is C36H23Cl3N4. The first-order valence-corrected chi connectivity index (χ1v) is 14.9. The Morgan fingerprint density at radius 3 is 1.44 bits per heavy atom.